The van der Waals surface area contributed by atoms with Gasteiger partial charge in [0.2, 0.25) is 0 Å². The van der Waals surface area contributed by atoms with Crippen LogP contribution in [0.25, 0.3) is 22.0 Å². The lowest BCUT2D eigenvalue weighted by Crippen LogP contribution is -2.13. The maximum absolute atomic E-state index is 12.9. The predicted molar refractivity (Wildman–Crippen MR) is 107 cm³/mol. The summed E-state index contributed by atoms with van der Waals surface area (Å²) in [6.07, 6.45) is -2.83. The maximum atomic E-state index is 12.9. The van der Waals surface area contributed by atoms with Crippen molar-refractivity contribution in [3.8, 4) is 11.1 Å². The van der Waals surface area contributed by atoms with Gasteiger partial charge in [0.25, 0.3) is 5.91 Å². The Morgan fingerprint density at radius 3 is 2.28 bits per heavy atom. The molecule has 1 heterocycles. The van der Waals surface area contributed by atoms with Gasteiger partial charge in [-0.25, -0.2) is 0 Å². The van der Waals surface area contributed by atoms with E-state index in [0.717, 1.165) is 17.5 Å². The molecule has 29 heavy (non-hydrogen) atoms. The van der Waals surface area contributed by atoms with E-state index in [2.05, 4.69) is 10.3 Å². The minimum Gasteiger partial charge on any atom is -0.321 e. The summed E-state index contributed by atoms with van der Waals surface area (Å²) in [5.74, 6) is -0.317. The Kier molecular flexibility index (Phi) is 4.76. The number of hydrogen-bond acceptors (Lipinski definition) is 2. The van der Waals surface area contributed by atoms with Crippen molar-refractivity contribution >= 4 is 22.5 Å². The Hall–Kier alpha value is -3.67. The lowest BCUT2D eigenvalue weighted by atomic mass is 10.0. The number of para-hydroxylation sites is 2. The molecule has 3 aromatic carbocycles. The summed E-state index contributed by atoms with van der Waals surface area (Å²) < 4.78 is 38.5. The number of rotatable bonds is 3. The van der Waals surface area contributed by atoms with E-state index in [1.54, 1.807) is 36.5 Å². The summed E-state index contributed by atoms with van der Waals surface area (Å²) in [7, 11) is 0. The molecular formula is C23H15F3N2O. The van der Waals surface area contributed by atoms with Crippen LogP contribution in [0, 0.1) is 0 Å². The number of fused-ring (bicyclic) bond motifs is 1. The van der Waals surface area contributed by atoms with E-state index in [1.165, 1.54) is 12.1 Å². The highest BCUT2D eigenvalue weighted by molar-refractivity contribution is 6.13. The number of nitrogens with zero attached hydrogens (tertiary/aromatic N) is 1. The van der Waals surface area contributed by atoms with Crippen molar-refractivity contribution in [1.29, 1.82) is 0 Å². The highest BCUT2D eigenvalue weighted by Gasteiger charge is 2.30. The molecular weight excluding hydrogens is 377 g/mol. The summed E-state index contributed by atoms with van der Waals surface area (Å²) in [5.41, 5.74) is 2.18. The van der Waals surface area contributed by atoms with E-state index < -0.39 is 11.7 Å². The minimum atomic E-state index is -4.39. The first-order chi connectivity index (χ1) is 13.9. The molecule has 0 bridgehead atoms. The second-order valence-electron chi connectivity index (χ2n) is 6.45. The topological polar surface area (TPSA) is 42.0 Å². The molecule has 0 aliphatic rings. The van der Waals surface area contributed by atoms with Crippen molar-refractivity contribution in [2.45, 2.75) is 6.18 Å². The van der Waals surface area contributed by atoms with Gasteiger partial charge in [0.1, 0.15) is 0 Å². The lowest BCUT2D eigenvalue weighted by Gasteiger charge is -2.13. The van der Waals surface area contributed by atoms with Gasteiger partial charge in [-0.1, -0.05) is 48.5 Å². The van der Waals surface area contributed by atoms with E-state index in [-0.39, 0.29) is 5.91 Å². The Labute approximate surface area is 164 Å². The van der Waals surface area contributed by atoms with Crippen molar-refractivity contribution in [1.82, 2.24) is 4.98 Å². The molecule has 1 amide bonds. The molecule has 4 aromatic rings. The van der Waals surface area contributed by atoms with E-state index in [9.17, 15) is 18.0 Å². The lowest BCUT2D eigenvalue weighted by molar-refractivity contribution is -0.137. The maximum Gasteiger partial charge on any atom is 0.416 e. The number of amides is 1. The van der Waals surface area contributed by atoms with Crippen LogP contribution in [-0.4, -0.2) is 10.9 Å². The van der Waals surface area contributed by atoms with E-state index >= 15 is 0 Å². The van der Waals surface area contributed by atoms with Crippen molar-refractivity contribution in [3.05, 3.63) is 96.2 Å². The molecule has 0 saturated heterocycles. The van der Waals surface area contributed by atoms with Crippen LogP contribution >= 0.6 is 0 Å². The summed E-state index contributed by atoms with van der Waals surface area (Å²) in [4.78, 5) is 17.2. The average Bonchev–Trinajstić information content (AvgIpc) is 2.73. The second kappa shape index (κ2) is 7.39. The average molecular weight is 392 g/mol. The van der Waals surface area contributed by atoms with Gasteiger partial charge >= 0.3 is 6.18 Å². The molecule has 0 fully saturated rings. The van der Waals surface area contributed by atoms with Gasteiger partial charge in [-0.2, -0.15) is 13.2 Å². The van der Waals surface area contributed by atoms with Gasteiger partial charge in [-0.15, -0.1) is 0 Å². The fourth-order valence-electron chi connectivity index (χ4n) is 3.17. The molecule has 0 radical (unpaired) electrons. The summed E-state index contributed by atoms with van der Waals surface area (Å²) in [6.45, 7) is 0. The zero-order valence-electron chi connectivity index (χ0n) is 15.1. The number of pyridine rings is 1. The third-order valence-corrected chi connectivity index (χ3v) is 4.59. The first kappa shape index (κ1) is 18.7. The van der Waals surface area contributed by atoms with Gasteiger partial charge in [-0.3, -0.25) is 9.78 Å². The van der Waals surface area contributed by atoms with Crippen LogP contribution in [0.5, 0.6) is 0 Å². The molecule has 0 spiro atoms. The van der Waals surface area contributed by atoms with Crippen LogP contribution in [0.4, 0.5) is 18.9 Å². The summed E-state index contributed by atoms with van der Waals surface area (Å²) in [6, 6.07) is 20.8. The standard InChI is InChI=1S/C23H15F3N2O/c24-23(25,26)16-11-9-15(10-12-16)17-5-1-4-8-21(17)28-22(29)19-13-14-27-20-7-3-2-6-18(19)20/h1-14H,(H,28,29). The minimum absolute atomic E-state index is 0.317. The van der Waals surface area contributed by atoms with Crippen LogP contribution < -0.4 is 5.32 Å². The monoisotopic (exact) mass is 392 g/mol. The van der Waals surface area contributed by atoms with Gasteiger partial charge in [0.15, 0.2) is 0 Å². The molecule has 0 atom stereocenters. The van der Waals surface area contributed by atoms with Crippen molar-refractivity contribution in [2.24, 2.45) is 0 Å². The summed E-state index contributed by atoms with van der Waals surface area (Å²) in [5, 5.41) is 3.60. The molecule has 3 nitrogen and oxygen atoms in total. The van der Waals surface area contributed by atoms with Crippen molar-refractivity contribution < 1.29 is 18.0 Å². The van der Waals surface area contributed by atoms with Gasteiger partial charge in [0.05, 0.1) is 16.6 Å². The molecule has 0 aliphatic heterocycles. The molecule has 0 saturated carbocycles. The third-order valence-electron chi connectivity index (χ3n) is 4.59. The van der Waals surface area contributed by atoms with E-state index in [0.29, 0.717) is 27.9 Å². The van der Waals surface area contributed by atoms with Crippen LogP contribution in [-0.2, 0) is 6.18 Å². The Bertz CT molecular complexity index is 1180. The molecule has 1 aromatic heterocycles. The van der Waals surface area contributed by atoms with Crippen molar-refractivity contribution in [2.75, 3.05) is 5.32 Å². The normalized spacial score (nSPS) is 11.4. The zero-order valence-corrected chi connectivity index (χ0v) is 15.1. The SMILES string of the molecule is O=C(Nc1ccccc1-c1ccc(C(F)(F)F)cc1)c1ccnc2ccccc12. The largest absolute Gasteiger partial charge is 0.416 e. The van der Waals surface area contributed by atoms with Crippen LogP contribution in [0.15, 0.2) is 85.1 Å². The van der Waals surface area contributed by atoms with Crippen LogP contribution in [0.3, 0.4) is 0 Å². The molecule has 0 unspecified atom stereocenters. The number of anilines is 1. The van der Waals surface area contributed by atoms with E-state index in [4.69, 9.17) is 0 Å². The summed E-state index contributed by atoms with van der Waals surface area (Å²) >= 11 is 0. The molecule has 144 valence electrons. The molecule has 1 N–H and O–H groups in total. The molecule has 4 rings (SSSR count). The Morgan fingerprint density at radius 1 is 0.828 bits per heavy atom. The Balaban J connectivity index is 1.68. The quantitative estimate of drug-likeness (QED) is 0.453. The highest BCUT2D eigenvalue weighted by Crippen LogP contribution is 2.33. The van der Waals surface area contributed by atoms with Crippen LogP contribution in [0.2, 0.25) is 0 Å². The number of halogens is 3. The molecule has 0 aliphatic carbocycles. The predicted octanol–water partition coefficient (Wildman–Crippen LogP) is 6.17. The number of benzene rings is 3. The first-order valence-electron chi connectivity index (χ1n) is 8.85. The van der Waals surface area contributed by atoms with Gasteiger partial charge in [0, 0.05) is 22.8 Å². The van der Waals surface area contributed by atoms with Gasteiger partial charge in [-0.05, 0) is 35.9 Å². The molecule has 6 heteroatoms. The number of nitrogens with one attached hydrogen (secondary N) is 1. The number of hydrogen-bond donors (Lipinski definition) is 1. The van der Waals surface area contributed by atoms with Crippen LogP contribution in [0.1, 0.15) is 15.9 Å². The first-order valence-corrected chi connectivity index (χ1v) is 8.85. The number of aromatic nitrogens is 1. The fourth-order valence-corrected chi connectivity index (χ4v) is 3.17. The zero-order chi connectivity index (χ0) is 20.4. The Morgan fingerprint density at radius 2 is 1.52 bits per heavy atom. The fraction of sp³-hybridized carbons (Fsp3) is 0.0435. The van der Waals surface area contributed by atoms with Crippen molar-refractivity contribution in [3.63, 3.8) is 0 Å². The third kappa shape index (κ3) is 3.82. The number of alkyl halides is 3. The van der Waals surface area contributed by atoms with Gasteiger partial charge < -0.3 is 5.32 Å². The highest BCUT2D eigenvalue weighted by atomic mass is 19.4. The smallest absolute Gasteiger partial charge is 0.321 e. The number of carbonyl (C=O) groups excluding carboxylic acids is 1. The second-order valence-corrected chi connectivity index (χ2v) is 6.45. The number of carbonyl (C=O) groups is 1. The van der Waals surface area contributed by atoms with E-state index in [1.807, 2.05) is 24.3 Å².